The number of ether oxygens (including phenoxy) is 2. The van der Waals surface area contributed by atoms with Crippen LogP contribution in [0.3, 0.4) is 0 Å². The van der Waals surface area contributed by atoms with Gasteiger partial charge in [-0.3, -0.25) is 4.79 Å². The minimum atomic E-state index is -0.230. The van der Waals surface area contributed by atoms with Crippen molar-refractivity contribution in [3.8, 4) is 22.3 Å². The van der Waals surface area contributed by atoms with Crippen LogP contribution in [-0.4, -0.2) is 34.9 Å². The first-order chi connectivity index (χ1) is 15.4. The number of carbonyl (C=O) groups excluding carboxylic acids is 1. The Morgan fingerprint density at radius 1 is 1.12 bits per heavy atom. The molecule has 0 aliphatic rings. The topological polar surface area (TPSA) is 91.4 Å². The van der Waals surface area contributed by atoms with E-state index in [9.17, 15) is 4.79 Å². The van der Waals surface area contributed by atoms with Crippen LogP contribution in [0.25, 0.3) is 10.8 Å². The number of hydrogen-bond acceptors (Lipinski definition) is 7. The van der Waals surface area contributed by atoms with E-state index in [1.165, 1.54) is 11.3 Å². The van der Waals surface area contributed by atoms with Gasteiger partial charge < -0.3 is 19.2 Å². The minimum absolute atomic E-state index is 0.230. The van der Waals surface area contributed by atoms with E-state index in [0.717, 1.165) is 16.9 Å². The predicted molar refractivity (Wildman–Crippen MR) is 123 cm³/mol. The van der Waals surface area contributed by atoms with Crippen molar-refractivity contribution in [2.45, 2.75) is 27.3 Å². The number of nitrogens with zero attached hydrogens (tertiary/aromatic N) is 3. The first kappa shape index (κ1) is 21.6. The maximum absolute atomic E-state index is 13.1. The number of carbonyl (C=O) groups is 1. The first-order valence-corrected chi connectivity index (χ1v) is 10.8. The molecule has 0 saturated carbocycles. The Bertz CT molecular complexity index is 1270. The number of nitrogens with one attached hydrogen (secondary N) is 1. The normalized spacial score (nSPS) is 10.9. The van der Waals surface area contributed by atoms with E-state index >= 15 is 0 Å². The average molecular weight is 453 g/mol. The summed E-state index contributed by atoms with van der Waals surface area (Å²) >= 11 is 1.30. The maximum Gasteiger partial charge on any atom is 0.268 e. The van der Waals surface area contributed by atoms with Crippen molar-refractivity contribution >= 4 is 23.1 Å². The number of thiazole rings is 1. The van der Waals surface area contributed by atoms with Crippen LogP contribution >= 0.6 is 11.3 Å². The molecule has 0 atom stereocenters. The van der Waals surface area contributed by atoms with Gasteiger partial charge in [-0.1, -0.05) is 6.07 Å². The number of anilines is 1. The summed E-state index contributed by atoms with van der Waals surface area (Å²) < 4.78 is 18.1. The monoisotopic (exact) mass is 452 g/mol. The van der Waals surface area contributed by atoms with Crippen LogP contribution in [-0.2, 0) is 6.54 Å². The molecule has 4 aromatic rings. The minimum Gasteiger partial charge on any atom is -0.493 e. The molecule has 4 rings (SSSR count). The molecule has 32 heavy (non-hydrogen) atoms. The molecule has 0 bridgehead atoms. The summed E-state index contributed by atoms with van der Waals surface area (Å²) in [5.41, 5.74) is 2.48. The van der Waals surface area contributed by atoms with Crippen molar-refractivity contribution < 1.29 is 18.7 Å². The molecule has 166 valence electrons. The Morgan fingerprint density at radius 2 is 1.91 bits per heavy atom. The second-order valence-corrected chi connectivity index (χ2v) is 8.32. The van der Waals surface area contributed by atoms with Crippen molar-refractivity contribution in [3.63, 3.8) is 0 Å². The number of hydrogen-bond donors (Lipinski definition) is 1. The third-order valence-electron chi connectivity index (χ3n) is 4.99. The molecule has 9 heteroatoms. The first-order valence-electron chi connectivity index (χ1n) is 9.98. The highest BCUT2D eigenvalue weighted by atomic mass is 32.1. The molecule has 8 nitrogen and oxygen atoms in total. The predicted octanol–water partition coefficient (Wildman–Crippen LogP) is 4.84. The van der Waals surface area contributed by atoms with Gasteiger partial charge in [0.25, 0.3) is 5.91 Å². The second kappa shape index (κ2) is 8.88. The smallest absolute Gasteiger partial charge is 0.268 e. The Balaban J connectivity index is 1.57. The van der Waals surface area contributed by atoms with Crippen LogP contribution in [0.15, 0.2) is 40.9 Å². The van der Waals surface area contributed by atoms with Gasteiger partial charge in [-0.05, 0) is 50.6 Å². The number of methoxy groups -OCH3 is 2. The summed E-state index contributed by atoms with van der Waals surface area (Å²) in [6.45, 7) is 6.06. The van der Waals surface area contributed by atoms with E-state index in [1.54, 1.807) is 25.1 Å². The molecule has 0 unspecified atom stereocenters. The summed E-state index contributed by atoms with van der Waals surface area (Å²) in [5.74, 6) is 3.16. The average Bonchev–Trinajstić information content (AvgIpc) is 3.48. The molecular formula is C23H24N4O4S. The maximum atomic E-state index is 13.1. The fourth-order valence-corrected chi connectivity index (χ4v) is 4.26. The molecule has 1 N–H and O–H groups in total. The van der Waals surface area contributed by atoms with Gasteiger partial charge >= 0.3 is 0 Å². The van der Waals surface area contributed by atoms with E-state index in [1.807, 2.05) is 51.1 Å². The molecule has 0 spiro atoms. The third kappa shape index (κ3) is 4.24. The number of furan rings is 1. The highest BCUT2D eigenvalue weighted by Crippen LogP contribution is 2.31. The molecule has 0 saturated heterocycles. The highest BCUT2D eigenvalue weighted by molar-refractivity contribution is 7.17. The molecule has 0 aliphatic carbocycles. The van der Waals surface area contributed by atoms with Crippen LogP contribution in [0.1, 0.15) is 32.3 Å². The van der Waals surface area contributed by atoms with E-state index in [4.69, 9.17) is 13.9 Å². The largest absolute Gasteiger partial charge is 0.493 e. The fourth-order valence-electron chi connectivity index (χ4n) is 3.34. The molecular weight excluding hydrogens is 428 g/mol. The van der Waals surface area contributed by atoms with E-state index in [0.29, 0.717) is 45.2 Å². The quantitative estimate of drug-likeness (QED) is 0.431. The highest BCUT2D eigenvalue weighted by Gasteiger charge is 2.20. The number of amides is 1. The number of benzene rings is 1. The van der Waals surface area contributed by atoms with E-state index in [2.05, 4.69) is 15.4 Å². The van der Waals surface area contributed by atoms with Gasteiger partial charge in [-0.2, -0.15) is 5.10 Å². The molecule has 1 aromatic carbocycles. The zero-order valence-electron chi connectivity index (χ0n) is 18.6. The van der Waals surface area contributed by atoms with Crippen molar-refractivity contribution in [1.29, 1.82) is 0 Å². The summed E-state index contributed by atoms with van der Waals surface area (Å²) in [4.78, 5) is 18.1. The van der Waals surface area contributed by atoms with Crippen LogP contribution in [0.4, 0.5) is 5.82 Å². The molecule has 0 radical (unpaired) electrons. The van der Waals surface area contributed by atoms with Gasteiger partial charge in [0.05, 0.1) is 32.7 Å². The Kier molecular flexibility index (Phi) is 6.00. The lowest BCUT2D eigenvalue weighted by atomic mass is 10.2. The van der Waals surface area contributed by atoms with Crippen molar-refractivity contribution in [2.24, 2.45) is 0 Å². The number of aryl methyl sites for hydroxylation is 3. The number of aromatic nitrogens is 3. The molecule has 3 aromatic heterocycles. The van der Waals surface area contributed by atoms with Gasteiger partial charge in [0.1, 0.15) is 16.5 Å². The van der Waals surface area contributed by atoms with Crippen LogP contribution in [0, 0.1) is 20.8 Å². The van der Waals surface area contributed by atoms with Gasteiger partial charge in [-0.15, -0.1) is 11.3 Å². The lowest BCUT2D eigenvalue weighted by molar-refractivity contribution is 0.102. The van der Waals surface area contributed by atoms with Crippen molar-refractivity contribution in [1.82, 2.24) is 14.8 Å². The third-order valence-corrected chi connectivity index (χ3v) is 6.16. The van der Waals surface area contributed by atoms with Gasteiger partial charge in [0.2, 0.25) is 0 Å². The Morgan fingerprint density at radius 3 is 2.59 bits per heavy atom. The standard InChI is InChI=1S/C23H24N4O4S/c1-13-11-24-27(12-16-7-9-17(29-4)19(10-16)30-5)21(13)26-22(28)20-15(3)25-23(32-20)18-8-6-14(2)31-18/h6-11H,12H2,1-5H3,(H,26,28). The second-order valence-electron chi connectivity index (χ2n) is 7.32. The lowest BCUT2D eigenvalue weighted by Crippen LogP contribution is -2.16. The van der Waals surface area contributed by atoms with E-state index < -0.39 is 0 Å². The Labute approximate surface area is 189 Å². The summed E-state index contributed by atoms with van der Waals surface area (Å²) in [6.07, 6.45) is 1.73. The number of rotatable bonds is 7. The van der Waals surface area contributed by atoms with Crippen LogP contribution in [0.2, 0.25) is 0 Å². The molecule has 1 amide bonds. The van der Waals surface area contributed by atoms with Crippen LogP contribution < -0.4 is 14.8 Å². The Hall–Kier alpha value is -3.59. The summed E-state index contributed by atoms with van der Waals surface area (Å²) in [7, 11) is 3.20. The zero-order valence-corrected chi connectivity index (χ0v) is 19.4. The summed E-state index contributed by atoms with van der Waals surface area (Å²) in [5, 5.41) is 8.12. The SMILES string of the molecule is COc1ccc(Cn2ncc(C)c2NC(=O)c2sc(-c3ccc(C)o3)nc2C)cc1OC. The fraction of sp³-hybridized carbons (Fsp3) is 0.261. The molecule has 0 aliphatic heterocycles. The molecule has 0 fully saturated rings. The van der Waals surface area contributed by atoms with Gasteiger partial charge in [0.15, 0.2) is 22.3 Å². The molecule has 3 heterocycles. The lowest BCUT2D eigenvalue weighted by Gasteiger charge is -2.12. The zero-order chi connectivity index (χ0) is 22.8. The summed E-state index contributed by atoms with van der Waals surface area (Å²) in [6, 6.07) is 9.42. The van der Waals surface area contributed by atoms with Gasteiger partial charge in [0, 0.05) is 5.56 Å². The van der Waals surface area contributed by atoms with Crippen LogP contribution in [0.5, 0.6) is 11.5 Å². The van der Waals surface area contributed by atoms with Crippen molar-refractivity contribution in [2.75, 3.05) is 19.5 Å². The van der Waals surface area contributed by atoms with Gasteiger partial charge in [-0.25, -0.2) is 9.67 Å². The van der Waals surface area contributed by atoms with E-state index in [-0.39, 0.29) is 5.91 Å². The van der Waals surface area contributed by atoms with Crippen molar-refractivity contribution in [3.05, 3.63) is 64.0 Å².